The molecule has 0 spiro atoms. The van der Waals surface area contributed by atoms with E-state index in [1.54, 1.807) is 0 Å². The molecule has 0 unspecified atom stereocenters. The maximum absolute atomic E-state index is 5.86. The van der Waals surface area contributed by atoms with Gasteiger partial charge >= 0.3 is 0 Å². The second-order valence-electron chi connectivity index (χ2n) is 5.59. The molecule has 3 nitrogen and oxygen atoms in total. The molecule has 0 saturated carbocycles. The molecular formula is C22H19ClN2O. The molecule has 1 heterocycles. The van der Waals surface area contributed by atoms with Gasteiger partial charge in [0.25, 0.3) is 0 Å². The summed E-state index contributed by atoms with van der Waals surface area (Å²) in [5.41, 5.74) is 3.85. The number of benzene rings is 3. The van der Waals surface area contributed by atoms with E-state index in [4.69, 9.17) is 4.42 Å². The van der Waals surface area contributed by atoms with Gasteiger partial charge in [-0.15, -0.1) is 11.6 Å². The van der Waals surface area contributed by atoms with E-state index in [2.05, 4.69) is 52.6 Å². The number of hydrogen-bond donors (Lipinski definition) is 0. The summed E-state index contributed by atoms with van der Waals surface area (Å²) in [6, 6.07) is 24.2. The summed E-state index contributed by atoms with van der Waals surface area (Å²) < 4.78 is 5.86. The highest BCUT2D eigenvalue weighted by molar-refractivity contribution is 6.15. The molecule has 0 aliphatic rings. The van der Waals surface area contributed by atoms with Crippen LogP contribution in [0.25, 0.3) is 21.9 Å². The normalized spacial score (nSPS) is 11.2. The number of aliphatic imine (C=N–C) groups is 2. The minimum atomic E-state index is 0.583. The fourth-order valence-corrected chi connectivity index (χ4v) is 2.85. The Morgan fingerprint density at radius 3 is 2.35 bits per heavy atom. The number of fused-ring (bicyclic) bond motifs is 3. The number of alkyl halides is 1. The summed E-state index contributed by atoms with van der Waals surface area (Å²) in [4.78, 5) is 8.72. The van der Waals surface area contributed by atoms with Gasteiger partial charge in [0.15, 0.2) is 5.84 Å². The molecule has 4 rings (SSSR count). The molecular weight excluding hydrogens is 344 g/mol. The molecule has 130 valence electrons. The quantitative estimate of drug-likeness (QED) is 0.247. The van der Waals surface area contributed by atoms with Crippen LogP contribution in [0.5, 0.6) is 0 Å². The number of furan rings is 1. The van der Waals surface area contributed by atoms with Crippen molar-refractivity contribution in [2.75, 3.05) is 6.38 Å². The van der Waals surface area contributed by atoms with Crippen LogP contribution >= 0.6 is 11.6 Å². The van der Waals surface area contributed by atoms with Crippen molar-refractivity contribution in [3.63, 3.8) is 0 Å². The van der Waals surface area contributed by atoms with Crippen LogP contribution in [-0.4, -0.2) is 18.9 Å². The molecule has 0 bridgehead atoms. The molecule has 26 heavy (non-hydrogen) atoms. The Morgan fingerprint density at radius 1 is 0.885 bits per heavy atom. The van der Waals surface area contributed by atoms with E-state index in [0.717, 1.165) is 33.1 Å². The van der Waals surface area contributed by atoms with Crippen molar-refractivity contribution in [2.45, 2.75) is 6.54 Å². The SMILES string of the molecule is C=NC(=NCc1ccccc1)c1ccc2oc3ccccc3c2c1.CCl. The maximum Gasteiger partial charge on any atom is 0.154 e. The summed E-state index contributed by atoms with van der Waals surface area (Å²) in [6.07, 6.45) is 1.47. The highest BCUT2D eigenvalue weighted by Crippen LogP contribution is 2.29. The van der Waals surface area contributed by atoms with Crippen molar-refractivity contribution in [2.24, 2.45) is 9.98 Å². The highest BCUT2D eigenvalue weighted by Gasteiger charge is 2.09. The molecule has 1 aromatic heterocycles. The third-order valence-corrected chi connectivity index (χ3v) is 4.04. The van der Waals surface area contributed by atoms with Gasteiger partial charge in [-0.25, -0.2) is 4.99 Å². The van der Waals surface area contributed by atoms with Crippen LogP contribution in [0.4, 0.5) is 0 Å². The summed E-state index contributed by atoms with van der Waals surface area (Å²) in [5.74, 6) is 0.644. The minimum Gasteiger partial charge on any atom is -0.456 e. The first kappa shape index (κ1) is 17.9. The molecule has 0 aliphatic heterocycles. The average molecular weight is 363 g/mol. The Hall–Kier alpha value is -2.91. The first-order valence-electron chi connectivity index (χ1n) is 8.20. The maximum atomic E-state index is 5.86. The van der Waals surface area contributed by atoms with Gasteiger partial charge in [-0.1, -0.05) is 48.5 Å². The number of nitrogens with zero attached hydrogens (tertiary/aromatic N) is 2. The second kappa shape index (κ2) is 8.45. The van der Waals surface area contributed by atoms with Crippen LogP contribution in [-0.2, 0) is 6.54 Å². The van der Waals surface area contributed by atoms with Crippen LogP contribution in [0.15, 0.2) is 87.2 Å². The Kier molecular flexibility index (Phi) is 5.82. The molecule has 0 aliphatic carbocycles. The van der Waals surface area contributed by atoms with Crippen molar-refractivity contribution >= 4 is 46.1 Å². The monoisotopic (exact) mass is 362 g/mol. The second-order valence-corrected chi connectivity index (χ2v) is 5.59. The third kappa shape index (κ3) is 3.68. The fourth-order valence-electron chi connectivity index (χ4n) is 2.85. The topological polar surface area (TPSA) is 37.9 Å². The van der Waals surface area contributed by atoms with Gasteiger partial charge in [-0.05, 0) is 36.5 Å². The average Bonchev–Trinajstić information content (AvgIpc) is 3.09. The molecule has 0 amide bonds. The third-order valence-electron chi connectivity index (χ3n) is 4.04. The van der Waals surface area contributed by atoms with Gasteiger partial charge in [0, 0.05) is 22.7 Å². The summed E-state index contributed by atoms with van der Waals surface area (Å²) in [7, 11) is 0. The summed E-state index contributed by atoms with van der Waals surface area (Å²) in [6.45, 7) is 4.26. The molecule has 0 saturated heterocycles. The van der Waals surface area contributed by atoms with Crippen LogP contribution in [0.3, 0.4) is 0 Å². The Bertz CT molecular complexity index is 1050. The lowest BCUT2D eigenvalue weighted by atomic mass is 10.1. The molecule has 0 radical (unpaired) electrons. The lowest BCUT2D eigenvalue weighted by Gasteiger charge is -2.02. The zero-order chi connectivity index (χ0) is 18.4. The van der Waals surface area contributed by atoms with Crippen LogP contribution in [0, 0.1) is 0 Å². The van der Waals surface area contributed by atoms with E-state index in [0.29, 0.717) is 12.4 Å². The number of halogens is 1. The van der Waals surface area contributed by atoms with Crippen molar-refractivity contribution in [3.8, 4) is 0 Å². The highest BCUT2D eigenvalue weighted by atomic mass is 35.5. The summed E-state index contributed by atoms with van der Waals surface area (Å²) >= 11 is 4.64. The van der Waals surface area contributed by atoms with Gasteiger partial charge in [0.05, 0.1) is 6.54 Å². The van der Waals surface area contributed by atoms with Crippen molar-refractivity contribution in [1.29, 1.82) is 0 Å². The smallest absolute Gasteiger partial charge is 0.154 e. The number of rotatable bonds is 3. The van der Waals surface area contributed by atoms with Crippen LogP contribution < -0.4 is 0 Å². The van der Waals surface area contributed by atoms with E-state index in [-0.39, 0.29) is 0 Å². The van der Waals surface area contributed by atoms with Crippen molar-refractivity contribution in [1.82, 2.24) is 0 Å². The molecule has 4 aromatic rings. The van der Waals surface area contributed by atoms with Gasteiger partial charge in [0.1, 0.15) is 11.2 Å². The fraction of sp³-hybridized carbons (Fsp3) is 0.0909. The van der Waals surface area contributed by atoms with E-state index in [1.165, 1.54) is 6.38 Å². The lowest BCUT2D eigenvalue weighted by molar-refractivity contribution is 0.669. The Balaban J connectivity index is 0.000000948. The molecule has 0 N–H and O–H groups in total. The van der Waals surface area contributed by atoms with E-state index >= 15 is 0 Å². The predicted molar refractivity (Wildman–Crippen MR) is 112 cm³/mol. The Labute approximate surface area is 157 Å². The standard InChI is InChI=1S/C21H16N2O.CH3Cl/c1-22-21(23-14-15-7-3-2-4-8-15)16-11-12-20-18(13-16)17-9-5-6-10-19(17)24-20;1-2/h2-13H,1,14H2;1H3. The first-order chi connectivity index (χ1) is 12.8. The van der Waals surface area contributed by atoms with Gasteiger partial charge in [-0.2, -0.15) is 0 Å². The minimum absolute atomic E-state index is 0.583. The van der Waals surface area contributed by atoms with Crippen LogP contribution in [0.1, 0.15) is 11.1 Å². The van der Waals surface area contributed by atoms with Crippen molar-refractivity contribution < 1.29 is 4.42 Å². The van der Waals surface area contributed by atoms with Gasteiger partial charge < -0.3 is 4.42 Å². The zero-order valence-electron chi connectivity index (χ0n) is 14.5. The van der Waals surface area contributed by atoms with E-state index < -0.39 is 0 Å². The number of hydrogen-bond acceptors (Lipinski definition) is 2. The Morgan fingerprint density at radius 2 is 1.58 bits per heavy atom. The first-order valence-corrected chi connectivity index (χ1v) is 8.95. The van der Waals surface area contributed by atoms with Gasteiger partial charge in [0.2, 0.25) is 0 Å². The number of amidine groups is 1. The number of para-hydroxylation sites is 1. The predicted octanol–water partition coefficient (Wildman–Crippen LogP) is 6.09. The summed E-state index contributed by atoms with van der Waals surface area (Å²) in [5, 5.41) is 2.17. The van der Waals surface area contributed by atoms with Crippen LogP contribution in [0.2, 0.25) is 0 Å². The van der Waals surface area contributed by atoms with E-state index in [1.807, 2.05) is 48.5 Å². The molecule has 0 atom stereocenters. The lowest BCUT2D eigenvalue weighted by Crippen LogP contribution is -1.97. The molecule has 4 heteroatoms. The zero-order valence-corrected chi connectivity index (χ0v) is 15.3. The molecule has 0 fully saturated rings. The van der Waals surface area contributed by atoms with Gasteiger partial charge in [-0.3, -0.25) is 4.99 Å². The molecule has 3 aromatic carbocycles. The van der Waals surface area contributed by atoms with E-state index in [9.17, 15) is 0 Å². The largest absolute Gasteiger partial charge is 0.456 e. The van der Waals surface area contributed by atoms with Crippen molar-refractivity contribution in [3.05, 3.63) is 83.9 Å².